The maximum absolute atomic E-state index is 12.4. The molecule has 0 unspecified atom stereocenters. The molecule has 0 saturated heterocycles. The molecule has 1 aromatic carbocycles. The molecule has 0 aliphatic rings. The fourth-order valence-electron chi connectivity index (χ4n) is 2.47. The summed E-state index contributed by atoms with van der Waals surface area (Å²) in [7, 11) is 0. The van der Waals surface area contributed by atoms with Gasteiger partial charge in [-0.3, -0.25) is 10.1 Å². The van der Waals surface area contributed by atoms with Gasteiger partial charge in [-0.15, -0.1) is 11.8 Å². The third-order valence-electron chi connectivity index (χ3n) is 3.82. The number of carbonyl (C=O) groups is 2. The molecule has 31 heavy (non-hydrogen) atoms. The Morgan fingerprint density at radius 3 is 1.84 bits per heavy atom. The second-order valence-electron chi connectivity index (χ2n) is 9.13. The molecule has 0 N–H and O–H groups in total. The van der Waals surface area contributed by atoms with Crippen molar-refractivity contribution < 1.29 is 24.0 Å². The van der Waals surface area contributed by atoms with E-state index >= 15 is 0 Å². The number of hydrogen-bond acceptors (Lipinski definition) is 7. The first-order chi connectivity index (χ1) is 14.3. The first-order valence-corrected chi connectivity index (χ1v) is 11.4. The quantitative estimate of drug-likeness (QED) is 0.184. The molecule has 0 heterocycles. The number of non-ortho nitro benzene ring substituents is 1. The zero-order valence-corrected chi connectivity index (χ0v) is 20.1. The highest BCUT2D eigenvalue weighted by molar-refractivity contribution is 7.99. The van der Waals surface area contributed by atoms with Crippen molar-refractivity contribution in [2.24, 2.45) is 0 Å². The molecule has 0 saturated carbocycles. The lowest BCUT2D eigenvalue weighted by molar-refractivity contribution is -0.384. The average molecular weight is 455 g/mol. The molecule has 0 aliphatic carbocycles. The van der Waals surface area contributed by atoms with Gasteiger partial charge < -0.3 is 9.47 Å². The van der Waals surface area contributed by atoms with Crippen molar-refractivity contribution in [1.82, 2.24) is 4.90 Å². The van der Waals surface area contributed by atoms with Crippen LogP contribution in [-0.2, 0) is 9.47 Å². The van der Waals surface area contributed by atoms with Gasteiger partial charge in [-0.05, 0) is 72.3 Å². The van der Waals surface area contributed by atoms with Gasteiger partial charge in [-0.1, -0.05) is 12.8 Å². The summed E-state index contributed by atoms with van der Waals surface area (Å²) in [6.45, 7) is 10.7. The first kappa shape index (κ1) is 26.7. The van der Waals surface area contributed by atoms with Gasteiger partial charge >= 0.3 is 12.2 Å². The Bertz CT molecular complexity index is 710. The highest BCUT2D eigenvalue weighted by Crippen LogP contribution is 2.23. The maximum atomic E-state index is 12.4. The Labute approximate surface area is 188 Å². The molecular weight excluding hydrogens is 420 g/mol. The number of nitro benzene ring substituents is 1. The lowest BCUT2D eigenvalue weighted by Gasteiger charge is -2.28. The van der Waals surface area contributed by atoms with Crippen LogP contribution in [0, 0.1) is 10.1 Å². The first-order valence-electron chi connectivity index (χ1n) is 10.4. The molecule has 0 aromatic heterocycles. The Kier molecular flexibility index (Phi) is 10.3. The fourth-order valence-corrected chi connectivity index (χ4v) is 3.38. The van der Waals surface area contributed by atoms with Crippen molar-refractivity contribution in [2.75, 3.05) is 12.3 Å². The summed E-state index contributed by atoms with van der Waals surface area (Å²) in [5.74, 6) is 0.889. The van der Waals surface area contributed by atoms with E-state index in [4.69, 9.17) is 9.47 Å². The minimum Gasteiger partial charge on any atom is -0.443 e. The van der Waals surface area contributed by atoms with Gasteiger partial charge in [0, 0.05) is 23.6 Å². The van der Waals surface area contributed by atoms with Crippen LogP contribution < -0.4 is 0 Å². The lowest BCUT2D eigenvalue weighted by Crippen LogP contribution is -2.44. The molecule has 1 aromatic rings. The van der Waals surface area contributed by atoms with Crippen molar-refractivity contribution in [3.8, 4) is 0 Å². The minimum absolute atomic E-state index is 0.0869. The molecule has 0 aliphatic heterocycles. The number of nitrogens with zero attached hydrogens (tertiary/aromatic N) is 2. The van der Waals surface area contributed by atoms with E-state index < -0.39 is 28.3 Å². The van der Waals surface area contributed by atoms with Gasteiger partial charge in [0.15, 0.2) is 0 Å². The fraction of sp³-hybridized carbons (Fsp3) is 0.636. The van der Waals surface area contributed by atoms with E-state index in [0.29, 0.717) is 6.42 Å². The summed E-state index contributed by atoms with van der Waals surface area (Å²) in [5.41, 5.74) is -1.32. The number of nitro groups is 1. The number of amides is 2. The van der Waals surface area contributed by atoms with Crippen molar-refractivity contribution in [3.05, 3.63) is 34.4 Å². The molecule has 174 valence electrons. The summed E-state index contributed by atoms with van der Waals surface area (Å²) in [6.07, 6.45) is 2.01. The van der Waals surface area contributed by atoms with E-state index in [1.54, 1.807) is 65.4 Å². The molecule has 0 radical (unpaired) electrons. The van der Waals surface area contributed by atoms with Crippen LogP contribution >= 0.6 is 11.8 Å². The molecule has 1 rings (SSSR count). The van der Waals surface area contributed by atoms with E-state index in [9.17, 15) is 19.7 Å². The second-order valence-corrected chi connectivity index (χ2v) is 10.3. The monoisotopic (exact) mass is 454 g/mol. The normalized spacial score (nSPS) is 11.7. The van der Waals surface area contributed by atoms with Crippen LogP contribution in [0.15, 0.2) is 29.2 Å². The molecule has 0 bridgehead atoms. The predicted octanol–water partition coefficient (Wildman–Crippen LogP) is 6.42. The molecule has 2 amide bonds. The summed E-state index contributed by atoms with van der Waals surface area (Å²) in [6, 6.07) is 6.51. The van der Waals surface area contributed by atoms with Crippen LogP contribution in [0.25, 0.3) is 0 Å². The summed E-state index contributed by atoms with van der Waals surface area (Å²) < 4.78 is 10.7. The van der Waals surface area contributed by atoms with Gasteiger partial charge in [-0.25, -0.2) is 14.5 Å². The second kappa shape index (κ2) is 11.9. The minimum atomic E-state index is -0.702. The molecule has 0 spiro atoms. The number of thioether (sulfide) groups is 1. The summed E-state index contributed by atoms with van der Waals surface area (Å²) in [5, 5.41) is 10.7. The molecule has 8 nitrogen and oxygen atoms in total. The van der Waals surface area contributed by atoms with Crippen LogP contribution in [0.3, 0.4) is 0 Å². The highest BCUT2D eigenvalue weighted by Gasteiger charge is 2.30. The van der Waals surface area contributed by atoms with E-state index in [1.165, 1.54) is 12.1 Å². The third kappa shape index (κ3) is 11.6. The van der Waals surface area contributed by atoms with E-state index in [1.807, 2.05) is 0 Å². The van der Waals surface area contributed by atoms with Crippen LogP contribution in [-0.4, -0.2) is 45.5 Å². The van der Waals surface area contributed by atoms with E-state index in [-0.39, 0.29) is 12.2 Å². The van der Waals surface area contributed by atoms with Gasteiger partial charge in [0.1, 0.15) is 11.2 Å². The van der Waals surface area contributed by atoms with E-state index in [0.717, 1.165) is 34.8 Å². The smallest absolute Gasteiger partial charge is 0.419 e. The molecule has 9 heteroatoms. The van der Waals surface area contributed by atoms with E-state index in [2.05, 4.69) is 0 Å². The summed E-state index contributed by atoms with van der Waals surface area (Å²) in [4.78, 5) is 37.2. The van der Waals surface area contributed by atoms with Crippen molar-refractivity contribution >= 4 is 29.6 Å². The van der Waals surface area contributed by atoms with Gasteiger partial charge in [0.2, 0.25) is 0 Å². The number of imide groups is 1. The number of ether oxygens (including phenoxy) is 2. The Balaban J connectivity index is 2.42. The van der Waals surface area contributed by atoms with Crippen molar-refractivity contribution in [1.29, 1.82) is 0 Å². The maximum Gasteiger partial charge on any atom is 0.419 e. The largest absolute Gasteiger partial charge is 0.443 e. The average Bonchev–Trinajstić information content (AvgIpc) is 2.61. The van der Waals surface area contributed by atoms with Crippen LogP contribution in [0.5, 0.6) is 0 Å². The zero-order valence-electron chi connectivity index (χ0n) is 19.3. The Morgan fingerprint density at radius 1 is 0.903 bits per heavy atom. The Hall–Kier alpha value is -2.29. The summed E-state index contributed by atoms with van der Waals surface area (Å²) >= 11 is 1.65. The number of unbranched alkanes of at least 4 members (excludes halogenated alkanes) is 3. The van der Waals surface area contributed by atoms with Crippen molar-refractivity contribution in [3.63, 3.8) is 0 Å². The Morgan fingerprint density at radius 2 is 1.39 bits per heavy atom. The zero-order chi connectivity index (χ0) is 23.7. The number of rotatable bonds is 9. The number of carbonyl (C=O) groups excluding carboxylic acids is 2. The van der Waals surface area contributed by atoms with Gasteiger partial charge in [-0.2, -0.15) is 0 Å². The highest BCUT2D eigenvalue weighted by atomic mass is 32.2. The van der Waals surface area contributed by atoms with Crippen LogP contribution in [0.4, 0.5) is 15.3 Å². The number of hydrogen-bond donors (Lipinski definition) is 0. The standard InChI is InChI=1S/C22H34N2O6S/c1-21(2,3)29-19(25)23(20(26)30-22(4,5)6)15-9-7-8-10-16-31-18-13-11-17(12-14-18)24(27)28/h11-14H,7-10,15-16H2,1-6H3. The molecule has 0 atom stereocenters. The van der Waals surface area contributed by atoms with Crippen LogP contribution in [0.2, 0.25) is 0 Å². The van der Waals surface area contributed by atoms with Gasteiger partial charge in [0.05, 0.1) is 4.92 Å². The topological polar surface area (TPSA) is 99.0 Å². The SMILES string of the molecule is CC(C)(C)OC(=O)N(CCCCCCSc1ccc([N+](=O)[O-])cc1)C(=O)OC(C)(C)C. The van der Waals surface area contributed by atoms with Gasteiger partial charge in [0.25, 0.3) is 5.69 Å². The molecular formula is C22H34N2O6S. The predicted molar refractivity (Wildman–Crippen MR) is 121 cm³/mol. The lowest BCUT2D eigenvalue weighted by atomic mass is 10.2. The molecule has 0 fully saturated rings. The van der Waals surface area contributed by atoms with Crippen molar-refractivity contribution in [2.45, 2.75) is 83.3 Å². The number of benzene rings is 1. The third-order valence-corrected chi connectivity index (χ3v) is 4.92. The van der Waals surface area contributed by atoms with Crippen LogP contribution in [0.1, 0.15) is 67.2 Å².